The molecule has 0 atom stereocenters. The number of aromatic nitrogens is 2. The number of hydrogen-bond donors (Lipinski definition) is 2. The van der Waals surface area contributed by atoms with Crippen molar-refractivity contribution < 1.29 is 17.9 Å². The lowest BCUT2D eigenvalue weighted by atomic mass is 10.1. The Bertz CT molecular complexity index is 910. The maximum absolute atomic E-state index is 12.9. The van der Waals surface area contributed by atoms with Crippen LogP contribution in [0.2, 0.25) is 0 Å². The molecule has 0 saturated carbocycles. The molecule has 1 saturated heterocycles. The van der Waals surface area contributed by atoms with Gasteiger partial charge in [0, 0.05) is 19.1 Å². The molecule has 0 aliphatic carbocycles. The Morgan fingerprint density at radius 1 is 1.21 bits per heavy atom. The molecule has 0 spiro atoms. The number of carbonyl (C=O) groups excluding carboxylic acids is 1. The average Bonchev–Trinajstić information content (AvgIpc) is 3.01. The van der Waals surface area contributed by atoms with Gasteiger partial charge in [0.2, 0.25) is 10.0 Å². The quantitative estimate of drug-likeness (QED) is 0.760. The van der Waals surface area contributed by atoms with Crippen molar-refractivity contribution in [2.45, 2.75) is 44.6 Å². The minimum absolute atomic E-state index is 0.0605. The van der Waals surface area contributed by atoms with Gasteiger partial charge in [0.1, 0.15) is 10.6 Å². The third kappa shape index (κ3) is 4.53. The zero-order valence-electron chi connectivity index (χ0n) is 16.4. The highest BCUT2D eigenvalue weighted by Gasteiger charge is 2.33. The van der Waals surface area contributed by atoms with Gasteiger partial charge in [0.25, 0.3) is 5.91 Å². The van der Waals surface area contributed by atoms with E-state index >= 15 is 0 Å². The van der Waals surface area contributed by atoms with Crippen molar-refractivity contribution in [2.75, 3.05) is 19.7 Å². The molecule has 2 aromatic rings. The van der Waals surface area contributed by atoms with Gasteiger partial charge in [-0.1, -0.05) is 17.7 Å². The molecule has 0 unspecified atom stereocenters. The molecule has 1 aliphatic heterocycles. The highest BCUT2D eigenvalue weighted by atomic mass is 32.2. The van der Waals surface area contributed by atoms with E-state index in [0.717, 1.165) is 5.56 Å². The van der Waals surface area contributed by atoms with E-state index < -0.39 is 10.0 Å². The normalized spacial score (nSPS) is 16.1. The molecule has 3 rings (SSSR count). The fourth-order valence-electron chi connectivity index (χ4n) is 3.34. The second-order valence-electron chi connectivity index (χ2n) is 7.11. The number of sulfonamides is 1. The van der Waals surface area contributed by atoms with Crippen LogP contribution in [0.4, 0.5) is 0 Å². The lowest BCUT2D eigenvalue weighted by molar-refractivity contribution is -0.124. The third-order valence-electron chi connectivity index (χ3n) is 4.87. The van der Waals surface area contributed by atoms with Crippen LogP contribution in [0.15, 0.2) is 29.2 Å². The summed E-state index contributed by atoms with van der Waals surface area (Å²) in [5.74, 6) is 0.441. The minimum atomic E-state index is -3.58. The molecule has 2 N–H and O–H groups in total. The van der Waals surface area contributed by atoms with Gasteiger partial charge in [-0.15, -0.1) is 0 Å². The van der Waals surface area contributed by atoms with Gasteiger partial charge in [-0.2, -0.15) is 9.40 Å². The van der Waals surface area contributed by atoms with Gasteiger partial charge in [-0.05, 0) is 45.7 Å². The Balaban J connectivity index is 1.50. The predicted molar refractivity (Wildman–Crippen MR) is 105 cm³/mol. The molecule has 1 fully saturated rings. The van der Waals surface area contributed by atoms with Crippen LogP contribution in [0.3, 0.4) is 0 Å². The lowest BCUT2D eigenvalue weighted by Crippen LogP contribution is -2.47. The molecule has 1 amide bonds. The molecule has 1 aliphatic rings. The number of nitrogens with one attached hydrogen (secondary N) is 2. The Labute approximate surface area is 165 Å². The van der Waals surface area contributed by atoms with E-state index in [1.54, 1.807) is 13.8 Å². The number of benzene rings is 1. The lowest BCUT2D eigenvalue weighted by Gasteiger charge is -2.31. The van der Waals surface area contributed by atoms with Crippen molar-refractivity contribution in [1.29, 1.82) is 0 Å². The number of ether oxygens (including phenoxy) is 1. The summed E-state index contributed by atoms with van der Waals surface area (Å²) in [4.78, 5) is 12.4. The SMILES string of the molecule is Cc1ccc(OCC(=O)NC2CCN(S(=O)(=O)c3c(C)n[nH]c3C)CC2)cc1. The summed E-state index contributed by atoms with van der Waals surface area (Å²) < 4.78 is 32.7. The van der Waals surface area contributed by atoms with Crippen LogP contribution in [-0.4, -0.2) is 54.6 Å². The fraction of sp³-hybridized carbons (Fsp3) is 0.474. The summed E-state index contributed by atoms with van der Waals surface area (Å²) in [7, 11) is -3.58. The molecule has 0 bridgehead atoms. The zero-order chi connectivity index (χ0) is 20.3. The maximum atomic E-state index is 12.9. The van der Waals surface area contributed by atoms with E-state index in [1.807, 2.05) is 31.2 Å². The first-order chi connectivity index (χ1) is 13.3. The van der Waals surface area contributed by atoms with Crippen LogP contribution >= 0.6 is 0 Å². The van der Waals surface area contributed by atoms with Gasteiger partial charge in [-0.3, -0.25) is 9.89 Å². The van der Waals surface area contributed by atoms with E-state index in [-0.39, 0.29) is 23.5 Å². The van der Waals surface area contributed by atoms with E-state index in [0.29, 0.717) is 43.1 Å². The molecule has 8 nitrogen and oxygen atoms in total. The van der Waals surface area contributed by atoms with Crippen LogP contribution in [0, 0.1) is 20.8 Å². The van der Waals surface area contributed by atoms with Crippen molar-refractivity contribution in [1.82, 2.24) is 19.8 Å². The van der Waals surface area contributed by atoms with Crippen molar-refractivity contribution in [3.63, 3.8) is 0 Å². The number of rotatable bonds is 6. The molecular formula is C19H26N4O4S. The van der Waals surface area contributed by atoms with Crippen molar-refractivity contribution in [3.8, 4) is 5.75 Å². The smallest absolute Gasteiger partial charge is 0.258 e. The van der Waals surface area contributed by atoms with Crippen molar-refractivity contribution in [2.24, 2.45) is 0 Å². The van der Waals surface area contributed by atoms with Gasteiger partial charge in [0.05, 0.1) is 11.4 Å². The third-order valence-corrected chi connectivity index (χ3v) is 7.03. The van der Waals surface area contributed by atoms with E-state index in [1.165, 1.54) is 4.31 Å². The van der Waals surface area contributed by atoms with Gasteiger partial charge >= 0.3 is 0 Å². The first-order valence-corrected chi connectivity index (χ1v) is 10.7. The first-order valence-electron chi connectivity index (χ1n) is 9.28. The van der Waals surface area contributed by atoms with Crippen LogP contribution in [0.25, 0.3) is 0 Å². The number of nitrogens with zero attached hydrogens (tertiary/aromatic N) is 2. The largest absolute Gasteiger partial charge is 0.484 e. The minimum Gasteiger partial charge on any atom is -0.484 e. The van der Waals surface area contributed by atoms with Crippen LogP contribution in [-0.2, 0) is 14.8 Å². The van der Waals surface area contributed by atoms with Gasteiger partial charge in [-0.25, -0.2) is 8.42 Å². The molecule has 2 heterocycles. The molecular weight excluding hydrogens is 380 g/mol. The predicted octanol–water partition coefficient (Wildman–Crippen LogP) is 1.68. The Morgan fingerprint density at radius 2 is 1.86 bits per heavy atom. The molecule has 9 heteroatoms. The highest BCUT2D eigenvalue weighted by Crippen LogP contribution is 2.24. The summed E-state index contributed by atoms with van der Waals surface area (Å²) in [6.07, 6.45) is 1.12. The summed E-state index contributed by atoms with van der Waals surface area (Å²) in [5.41, 5.74) is 2.14. The summed E-state index contributed by atoms with van der Waals surface area (Å²) in [6, 6.07) is 7.43. The second kappa shape index (κ2) is 8.32. The number of amides is 1. The van der Waals surface area contributed by atoms with Crippen LogP contribution in [0.1, 0.15) is 29.8 Å². The number of aryl methyl sites for hydroxylation is 3. The first kappa shape index (κ1) is 20.3. The number of piperidine rings is 1. The topological polar surface area (TPSA) is 104 Å². The monoisotopic (exact) mass is 406 g/mol. The zero-order valence-corrected chi connectivity index (χ0v) is 17.2. The standard InChI is InChI=1S/C19H26N4O4S/c1-13-4-6-17(7-5-13)27-12-18(24)20-16-8-10-23(11-9-16)28(25,26)19-14(2)21-22-15(19)3/h4-7,16H,8-12H2,1-3H3,(H,20,24)(H,21,22). The van der Waals surface area contributed by atoms with Gasteiger partial charge in [0.15, 0.2) is 6.61 Å². The van der Waals surface area contributed by atoms with Crippen LogP contribution in [0.5, 0.6) is 5.75 Å². The summed E-state index contributed by atoms with van der Waals surface area (Å²) in [5, 5.41) is 9.63. The van der Waals surface area contributed by atoms with E-state index in [9.17, 15) is 13.2 Å². The van der Waals surface area contributed by atoms with Gasteiger partial charge < -0.3 is 10.1 Å². The van der Waals surface area contributed by atoms with E-state index in [4.69, 9.17) is 4.74 Å². The summed E-state index contributed by atoms with van der Waals surface area (Å²) in [6.45, 7) is 6.02. The molecule has 152 valence electrons. The molecule has 1 aromatic heterocycles. The fourth-order valence-corrected chi connectivity index (χ4v) is 5.14. The van der Waals surface area contributed by atoms with Crippen molar-refractivity contribution in [3.05, 3.63) is 41.2 Å². The Kier molecular flexibility index (Phi) is 6.04. The molecule has 1 aromatic carbocycles. The molecule has 0 radical (unpaired) electrons. The van der Waals surface area contributed by atoms with E-state index in [2.05, 4.69) is 15.5 Å². The Hall–Kier alpha value is -2.39. The average molecular weight is 407 g/mol. The van der Waals surface area contributed by atoms with Crippen molar-refractivity contribution >= 4 is 15.9 Å². The van der Waals surface area contributed by atoms with Crippen LogP contribution < -0.4 is 10.1 Å². The number of aromatic amines is 1. The maximum Gasteiger partial charge on any atom is 0.258 e. The Morgan fingerprint density at radius 3 is 2.43 bits per heavy atom. The number of H-pyrrole nitrogens is 1. The number of hydrogen-bond acceptors (Lipinski definition) is 5. The molecule has 28 heavy (non-hydrogen) atoms. The summed E-state index contributed by atoms with van der Waals surface area (Å²) >= 11 is 0. The highest BCUT2D eigenvalue weighted by molar-refractivity contribution is 7.89. The second-order valence-corrected chi connectivity index (χ2v) is 8.99. The number of carbonyl (C=O) groups is 1.